The summed E-state index contributed by atoms with van der Waals surface area (Å²) >= 11 is 0. The molecule has 2 heterocycles. The third kappa shape index (κ3) is 4.16. The normalized spacial score (nSPS) is 25.1. The van der Waals surface area contributed by atoms with Gasteiger partial charge in [-0.1, -0.05) is 18.2 Å². The molecular formula is C18H20N2O7. The van der Waals surface area contributed by atoms with E-state index >= 15 is 0 Å². The van der Waals surface area contributed by atoms with Crippen molar-refractivity contribution < 1.29 is 24.1 Å². The van der Waals surface area contributed by atoms with Crippen LogP contribution in [-0.4, -0.2) is 52.7 Å². The minimum absolute atomic E-state index is 0.205. The Morgan fingerprint density at radius 2 is 2.00 bits per heavy atom. The number of methoxy groups -OCH3 is 1. The van der Waals surface area contributed by atoms with Crippen molar-refractivity contribution in [3.05, 3.63) is 69.0 Å². The van der Waals surface area contributed by atoms with E-state index in [9.17, 15) is 19.5 Å². The number of aliphatic hydroxyl groups excluding tert-OH is 1. The molecule has 1 fully saturated rings. The Bertz CT molecular complexity index is 892. The fraction of sp³-hybridized carbons (Fsp3) is 0.389. The van der Waals surface area contributed by atoms with Gasteiger partial charge in [-0.25, -0.2) is 9.59 Å². The lowest BCUT2D eigenvalue weighted by Crippen LogP contribution is -2.51. The third-order valence-electron chi connectivity index (χ3n) is 4.39. The Morgan fingerprint density at radius 1 is 1.26 bits per heavy atom. The largest absolute Gasteiger partial charge is 0.456 e. The van der Waals surface area contributed by atoms with Crippen LogP contribution in [0.5, 0.6) is 0 Å². The van der Waals surface area contributed by atoms with E-state index in [0.29, 0.717) is 5.56 Å². The zero-order valence-electron chi connectivity index (χ0n) is 14.6. The summed E-state index contributed by atoms with van der Waals surface area (Å²) in [5.41, 5.74) is -0.817. The van der Waals surface area contributed by atoms with Gasteiger partial charge in [0.15, 0.2) is 6.23 Å². The molecule has 9 nitrogen and oxygen atoms in total. The van der Waals surface area contributed by atoms with Crippen LogP contribution in [-0.2, 0) is 14.2 Å². The number of aliphatic hydroxyl groups is 1. The van der Waals surface area contributed by atoms with Gasteiger partial charge < -0.3 is 19.3 Å². The highest BCUT2D eigenvalue weighted by Gasteiger charge is 2.41. The summed E-state index contributed by atoms with van der Waals surface area (Å²) in [7, 11) is 1.44. The minimum Gasteiger partial charge on any atom is -0.456 e. The van der Waals surface area contributed by atoms with Gasteiger partial charge in [-0.05, 0) is 12.1 Å². The van der Waals surface area contributed by atoms with Gasteiger partial charge in [-0.3, -0.25) is 14.3 Å². The van der Waals surface area contributed by atoms with E-state index in [2.05, 4.69) is 4.98 Å². The summed E-state index contributed by atoms with van der Waals surface area (Å²) in [5, 5.41) is 9.68. The Balaban J connectivity index is 1.81. The van der Waals surface area contributed by atoms with E-state index in [1.807, 2.05) is 0 Å². The zero-order valence-corrected chi connectivity index (χ0v) is 14.6. The number of nitrogens with one attached hydrogen (secondary N) is 1. The molecule has 1 unspecified atom stereocenters. The van der Waals surface area contributed by atoms with E-state index in [1.54, 1.807) is 30.3 Å². The monoisotopic (exact) mass is 376 g/mol. The quantitative estimate of drug-likeness (QED) is 0.708. The Hall–Kier alpha value is -2.75. The smallest absolute Gasteiger partial charge is 0.338 e. The lowest BCUT2D eigenvalue weighted by atomic mass is 10.0. The van der Waals surface area contributed by atoms with Crippen molar-refractivity contribution in [2.75, 3.05) is 13.7 Å². The fourth-order valence-electron chi connectivity index (χ4n) is 3.00. The molecular weight excluding hydrogens is 356 g/mol. The van der Waals surface area contributed by atoms with Crippen LogP contribution in [0.15, 0.2) is 52.2 Å². The highest BCUT2D eigenvalue weighted by molar-refractivity contribution is 5.89. The lowest BCUT2D eigenvalue weighted by Gasteiger charge is -2.40. The second-order valence-electron chi connectivity index (χ2n) is 6.08. The minimum atomic E-state index is -0.886. The Kier molecular flexibility index (Phi) is 5.84. The summed E-state index contributed by atoms with van der Waals surface area (Å²) in [6.45, 7) is -0.419. The molecule has 1 aromatic heterocycles. The van der Waals surface area contributed by atoms with Crippen molar-refractivity contribution in [3.63, 3.8) is 0 Å². The standard InChI is InChI=1S/C18H20N2O7/c1-25-13-9-12(27-17(23)11-5-3-2-4-6-11)14(10-21)26-16(13)20-8-7-15(22)19-18(20)24/h2-8,12-14,16,21H,9-10H2,1H3,(H,19,22,24)/t12-,13+,14?,16+/m0/s1. The van der Waals surface area contributed by atoms with Gasteiger partial charge in [0.2, 0.25) is 0 Å². The number of hydrogen-bond acceptors (Lipinski definition) is 7. The van der Waals surface area contributed by atoms with Gasteiger partial charge in [-0.2, -0.15) is 0 Å². The SMILES string of the molecule is CO[C@@H]1C[C@H](OC(=O)c2ccccc2)C(CO)O[C@H]1n1ccc(=O)[nH]c1=O. The van der Waals surface area contributed by atoms with Crippen LogP contribution in [0.1, 0.15) is 23.0 Å². The summed E-state index contributed by atoms with van der Waals surface area (Å²) < 4.78 is 17.9. The van der Waals surface area contributed by atoms with E-state index in [-0.39, 0.29) is 6.42 Å². The molecule has 2 N–H and O–H groups in total. The van der Waals surface area contributed by atoms with Crippen LogP contribution in [0.25, 0.3) is 0 Å². The molecule has 0 radical (unpaired) electrons. The first-order valence-electron chi connectivity index (χ1n) is 8.40. The molecule has 0 aliphatic carbocycles. The maximum atomic E-state index is 12.3. The molecule has 0 spiro atoms. The van der Waals surface area contributed by atoms with Gasteiger partial charge in [0.05, 0.1) is 12.2 Å². The Morgan fingerprint density at radius 3 is 2.63 bits per heavy atom. The maximum Gasteiger partial charge on any atom is 0.338 e. The van der Waals surface area contributed by atoms with Crippen LogP contribution in [0.2, 0.25) is 0 Å². The molecule has 0 saturated carbocycles. The number of H-pyrrole nitrogens is 1. The van der Waals surface area contributed by atoms with E-state index in [0.717, 1.165) is 0 Å². The van der Waals surface area contributed by atoms with Crippen LogP contribution >= 0.6 is 0 Å². The molecule has 3 rings (SSSR count). The third-order valence-corrected chi connectivity index (χ3v) is 4.39. The number of nitrogens with zero attached hydrogens (tertiary/aromatic N) is 1. The molecule has 1 saturated heterocycles. The number of aromatic nitrogens is 2. The number of hydrogen-bond donors (Lipinski definition) is 2. The predicted octanol–water partition coefficient (Wildman–Crippen LogP) is 0.0570. The topological polar surface area (TPSA) is 120 Å². The fourth-order valence-corrected chi connectivity index (χ4v) is 3.00. The first-order valence-corrected chi connectivity index (χ1v) is 8.40. The second-order valence-corrected chi connectivity index (χ2v) is 6.08. The number of esters is 1. The van der Waals surface area contributed by atoms with E-state index in [1.165, 1.54) is 23.9 Å². The van der Waals surface area contributed by atoms with Crippen LogP contribution < -0.4 is 11.2 Å². The average molecular weight is 376 g/mol. The number of carbonyl (C=O) groups is 1. The number of rotatable bonds is 5. The number of carbonyl (C=O) groups excluding carboxylic acids is 1. The molecule has 0 amide bonds. The predicted molar refractivity (Wildman–Crippen MR) is 93.4 cm³/mol. The first-order chi connectivity index (χ1) is 13.0. The van der Waals surface area contributed by atoms with Crippen LogP contribution in [0, 0.1) is 0 Å². The van der Waals surface area contributed by atoms with Gasteiger partial charge in [0.1, 0.15) is 18.3 Å². The highest BCUT2D eigenvalue weighted by Crippen LogP contribution is 2.30. The Labute approximate surface area is 154 Å². The second kappa shape index (κ2) is 8.30. The van der Waals surface area contributed by atoms with Crippen LogP contribution in [0.4, 0.5) is 0 Å². The van der Waals surface area contributed by atoms with Crippen molar-refractivity contribution in [1.82, 2.24) is 9.55 Å². The molecule has 1 aromatic carbocycles. The molecule has 9 heteroatoms. The van der Waals surface area contributed by atoms with Crippen LogP contribution in [0.3, 0.4) is 0 Å². The summed E-state index contributed by atoms with van der Waals surface area (Å²) in [5.74, 6) is -0.544. The van der Waals surface area contributed by atoms with Crippen molar-refractivity contribution in [1.29, 1.82) is 0 Å². The van der Waals surface area contributed by atoms with Gasteiger partial charge in [-0.15, -0.1) is 0 Å². The van der Waals surface area contributed by atoms with Crippen molar-refractivity contribution in [3.8, 4) is 0 Å². The van der Waals surface area contributed by atoms with E-state index in [4.69, 9.17) is 14.2 Å². The van der Waals surface area contributed by atoms with Gasteiger partial charge >= 0.3 is 11.7 Å². The number of ether oxygens (including phenoxy) is 3. The maximum absolute atomic E-state index is 12.3. The molecule has 27 heavy (non-hydrogen) atoms. The van der Waals surface area contributed by atoms with Crippen molar-refractivity contribution in [2.24, 2.45) is 0 Å². The molecule has 4 atom stereocenters. The summed E-state index contributed by atoms with van der Waals surface area (Å²) in [6, 6.07) is 9.65. The van der Waals surface area contributed by atoms with E-state index < -0.39 is 48.4 Å². The molecule has 144 valence electrons. The molecule has 1 aliphatic heterocycles. The summed E-state index contributed by atoms with van der Waals surface area (Å²) in [6.07, 6.45) is -1.64. The summed E-state index contributed by atoms with van der Waals surface area (Å²) in [4.78, 5) is 37.8. The van der Waals surface area contributed by atoms with Gasteiger partial charge in [0, 0.05) is 25.8 Å². The lowest BCUT2D eigenvalue weighted by molar-refractivity contribution is -0.214. The van der Waals surface area contributed by atoms with Gasteiger partial charge in [0.25, 0.3) is 5.56 Å². The highest BCUT2D eigenvalue weighted by atomic mass is 16.6. The molecule has 1 aliphatic rings. The number of benzene rings is 1. The van der Waals surface area contributed by atoms with Crippen molar-refractivity contribution >= 4 is 5.97 Å². The number of aromatic amines is 1. The average Bonchev–Trinajstić information content (AvgIpc) is 2.68. The molecule has 2 aromatic rings. The van der Waals surface area contributed by atoms with Crippen molar-refractivity contribution in [2.45, 2.75) is 31.0 Å². The molecule has 0 bridgehead atoms. The zero-order chi connectivity index (χ0) is 19.4. The first kappa shape index (κ1) is 19.0.